The van der Waals surface area contributed by atoms with Gasteiger partial charge >= 0.3 is 5.97 Å². The van der Waals surface area contributed by atoms with E-state index in [-0.39, 0.29) is 34.4 Å². The number of aryl methyl sites for hydroxylation is 3. The molecule has 4 aromatic rings. The Labute approximate surface area is 203 Å². The van der Waals surface area contributed by atoms with Gasteiger partial charge in [0.2, 0.25) is 11.6 Å². The van der Waals surface area contributed by atoms with Crippen LogP contribution in [0.15, 0.2) is 49.3 Å². The average molecular weight is 494 g/mol. The molecule has 4 rings (SSSR count). The quantitative estimate of drug-likeness (QED) is 0.143. The molecule has 0 aliphatic carbocycles. The highest BCUT2D eigenvalue weighted by molar-refractivity contribution is 6.05. The fourth-order valence-corrected chi connectivity index (χ4v) is 2.93. The van der Waals surface area contributed by atoms with Gasteiger partial charge < -0.3 is 24.5 Å². The zero-order valence-corrected chi connectivity index (χ0v) is 19.4. The molecule has 0 fully saturated rings. The molecule has 0 bridgehead atoms. The largest absolute Gasteiger partial charge is 0.507 e. The first kappa shape index (κ1) is 25.4. The smallest absolute Gasteiger partial charge is 0.352 e. The summed E-state index contributed by atoms with van der Waals surface area (Å²) in [5.41, 5.74) is 1.82. The van der Waals surface area contributed by atoms with Crippen molar-refractivity contribution in [2.45, 2.75) is 6.92 Å². The van der Waals surface area contributed by atoms with Gasteiger partial charge in [-0.1, -0.05) is 0 Å². The standard InChI is InChI=1S/C11H10N4O4.C11H12N4O2/c1-15-4-6(2-7(15)11(18)19)8(16)3-9(17)10-12-5-13-14-10;1-7-3-8(5-15(7)2)9(16)4-10(17)11-12-6-13-14-11/h2-5,16H,1H3,(H,18,19)(H,12,13,14);3-6,16H,1-2H3,(H,12,13,14). The van der Waals surface area contributed by atoms with Gasteiger partial charge in [-0.25, -0.2) is 14.8 Å². The molecular formula is C22H22N8O6. The van der Waals surface area contributed by atoms with Crippen molar-refractivity contribution in [1.82, 2.24) is 39.5 Å². The Bertz CT molecular complexity index is 1420. The Morgan fingerprint density at radius 1 is 0.806 bits per heavy atom. The van der Waals surface area contributed by atoms with Gasteiger partial charge in [-0.05, 0) is 19.1 Å². The van der Waals surface area contributed by atoms with Crippen molar-refractivity contribution in [1.29, 1.82) is 0 Å². The van der Waals surface area contributed by atoms with Gasteiger partial charge in [0.1, 0.15) is 29.9 Å². The maximum absolute atomic E-state index is 11.6. The van der Waals surface area contributed by atoms with Crippen molar-refractivity contribution in [3.05, 3.63) is 83.5 Å². The highest BCUT2D eigenvalue weighted by atomic mass is 16.4. The number of aromatic nitrogens is 8. The molecule has 0 saturated heterocycles. The summed E-state index contributed by atoms with van der Waals surface area (Å²) in [6.07, 6.45) is 7.63. The van der Waals surface area contributed by atoms with Crippen LogP contribution in [-0.2, 0) is 14.1 Å². The van der Waals surface area contributed by atoms with Crippen LogP contribution in [0.4, 0.5) is 0 Å². The molecule has 36 heavy (non-hydrogen) atoms. The first-order valence-electron chi connectivity index (χ1n) is 10.2. The number of aromatic amines is 2. The number of carboxylic acid groups (broad SMARTS) is 1. The minimum atomic E-state index is -1.12. The number of nitrogens with zero attached hydrogens (tertiary/aromatic N) is 6. The molecule has 4 heterocycles. The van der Waals surface area contributed by atoms with Crippen LogP contribution >= 0.6 is 0 Å². The summed E-state index contributed by atoms with van der Waals surface area (Å²) in [4.78, 5) is 41.4. The summed E-state index contributed by atoms with van der Waals surface area (Å²) in [5.74, 6) is -2.44. The number of aliphatic hydroxyl groups is 2. The van der Waals surface area contributed by atoms with Crippen LogP contribution in [0.1, 0.15) is 48.5 Å². The second-order valence-electron chi connectivity index (χ2n) is 7.47. The van der Waals surface area contributed by atoms with Crippen LogP contribution in [0.2, 0.25) is 0 Å². The minimum absolute atomic E-state index is 0.00191. The highest BCUT2D eigenvalue weighted by Gasteiger charge is 2.14. The number of ketones is 2. The highest BCUT2D eigenvalue weighted by Crippen LogP contribution is 2.16. The normalized spacial score (nSPS) is 11.6. The lowest BCUT2D eigenvalue weighted by molar-refractivity contribution is 0.0686. The van der Waals surface area contributed by atoms with Crippen LogP contribution in [-0.4, -0.2) is 72.4 Å². The summed E-state index contributed by atoms with van der Waals surface area (Å²) in [5, 5.41) is 40.3. The molecule has 186 valence electrons. The maximum Gasteiger partial charge on any atom is 0.352 e. The first-order chi connectivity index (χ1) is 17.1. The van der Waals surface area contributed by atoms with Crippen LogP contribution < -0.4 is 0 Å². The molecule has 0 aliphatic rings. The van der Waals surface area contributed by atoms with E-state index in [0.717, 1.165) is 17.8 Å². The van der Waals surface area contributed by atoms with E-state index < -0.39 is 17.5 Å². The Balaban J connectivity index is 0.000000202. The Kier molecular flexibility index (Phi) is 7.59. The van der Waals surface area contributed by atoms with E-state index in [9.17, 15) is 24.6 Å². The number of carbonyl (C=O) groups is 3. The number of rotatable bonds is 7. The van der Waals surface area contributed by atoms with Gasteiger partial charge in [-0.15, -0.1) is 0 Å². The summed E-state index contributed by atoms with van der Waals surface area (Å²) < 4.78 is 3.19. The molecule has 14 nitrogen and oxygen atoms in total. The lowest BCUT2D eigenvalue weighted by Gasteiger charge is -1.94. The molecule has 0 saturated carbocycles. The zero-order valence-electron chi connectivity index (χ0n) is 19.4. The molecule has 14 heteroatoms. The van der Waals surface area contributed by atoms with Crippen molar-refractivity contribution in [2.75, 3.05) is 0 Å². The Morgan fingerprint density at radius 2 is 1.28 bits per heavy atom. The molecule has 5 N–H and O–H groups in total. The summed E-state index contributed by atoms with van der Waals surface area (Å²) >= 11 is 0. The predicted molar refractivity (Wildman–Crippen MR) is 125 cm³/mol. The average Bonchev–Trinajstić information content (AvgIpc) is 3.62. The van der Waals surface area contributed by atoms with Gasteiger partial charge in [-0.3, -0.25) is 19.8 Å². The molecule has 0 aromatic carbocycles. The molecule has 0 radical (unpaired) electrons. The third kappa shape index (κ3) is 5.99. The van der Waals surface area contributed by atoms with E-state index in [4.69, 9.17) is 5.11 Å². The number of aromatic carboxylic acids is 1. The number of hydrogen-bond acceptors (Lipinski definition) is 9. The topological polar surface area (TPSA) is 205 Å². The summed E-state index contributed by atoms with van der Waals surface area (Å²) in [6, 6.07) is 3.06. The molecule has 0 aliphatic heterocycles. The van der Waals surface area contributed by atoms with Crippen LogP contribution in [0.25, 0.3) is 11.5 Å². The summed E-state index contributed by atoms with van der Waals surface area (Å²) in [6.45, 7) is 1.91. The minimum Gasteiger partial charge on any atom is -0.507 e. The molecule has 0 spiro atoms. The number of nitrogens with one attached hydrogen (secondary N) is 2. The number of carbonyl (C=O) groups excluding carboxylic acids is 2. The SMILES string of the molecule is Cc1cc(C(O)=CC(=O)c2ncn[nH]2)cn1C.Cn1cc(C(O)=CC(=O)c2ncn[nH]2)cc1C(=O)O. The van der Waals surface area contributed by atoms with Crippen molar-refractivity contribution in [3.63, 3.8) is 0 Å². The van der Waals surface area contributed by atoms with E-state index in [1.165, 1.54) is 36.5 Å². The van der Waals surface area contributed by atoms with Crippen LogP contribution in [0, 0.1) is 6.92 Å². The third-order valence-corrected chi connectivity index (χ3v) is 4.90. The Hall–Kier alpha value is -5.27. The van der Waals surface area contributed by atoms with Gasteiger partial charge in [0, 0.05) is 55.5 Å². The number of carboxylic acids is 1. The van der Waals surface area contributed by atoms with Gasteiger partial charge in [0.15, 0.2) is 11.6 Å². The monoisotopic (exact) mass is 494 g/mol. The molecule has 0 atom stereocenters. The van der Waals surface area contributed by atoms with E-state index in [1.807, 2.05) is 18.5 Å². The van der Waals surface area contributed by atoms with Gasteiger partial charge in [-0.2, -0.15) is 10.2 Å². The van der Waals surface area contributed by atoms with Crippen molar-refractivity contribution < 1.29 is 29.7 Å². The molecule has 0 unspecified atom stereocenters. The van der Waals surface area contributed by atoms with E-state index >= 15 is 0 Å². The lowest BCUT2D eigenvalue weighted by atomic mass is 10.2. The number of allylic oxidation sites excluding steroid dienone is 2. The van der Waals surface area contributed by atoms with Gasteiger partial charge in [0.25, 0.3) is 0 Å². The van der Waals surface area contributed by atoms with Crippen molar-refractivity contribution in [2.24, 2.45) is 14.1 Å². The fraction of sp³-hybridized carbons (Fsp3) is 0.136. The van der Waals surface area contributed by atoms with Crippen LogP contribution in [0.3, 0.4) is 0 Å². The number of aliphatic hydroxyl groups excluding tert-OH is 2. The first-order valence-corrected chi connectivity index (χ1v) is 10.2. The second-order valence-corrected chi connectivity index (χ2v) is 7.47. The molecule has 4 aromatic heterocycles. The number of hydrogen-bond donors (Lipinski definition) is 5. The summed E-state index contributed by atoms with van der Waals surface area (Å²) in [7, 11) is 3.39. The van der Waals surface area contributed by atoms with Crippen molar-refractivity contribution >= 4 is 29.1 Å². The lowest BCUT2D eigenvalue weighted by Crippen LogP contribution is -2.02. The van der Waals surface area contributed by atoms with E-state index in [0.29, 0.717) is 5.56 Å². The Morgan fingerprint density at radius 3 is 1.64 bits per heavy atom. The van der Waals surface area contributed by atoms with Gasteiger partial charge in [0.05, 0.1) is 0 Å². The zero-order chi connectivity index (χ0) is 26.4. The third-order valence-electron chi connectivity index (χ3n) is 4.90. The molecule has 0 amide bonds. The second kappa shape index (κ2) is 10.8. The van der Waals surface area contributed by atoms with Crippen LogP contribution in [0.5, 0.6) is 0 Å². The maximum atomic E-state index is 11.6. The predicted octanol–water partition coefficient (Wildman–Crippen LogP) is 1.86. The molecular weight excluding hydrogens is 472 g/mol. The van der Waals surface area contributed by atoms with Crippen molar-refractivity contribution in [3.8, 4) is 0 Å². The van der Waals surface area contributed by atoms with E-state index in [1.54, 1.807) is 12.3 Å². The number of H-pyrrole nitrogens is 2. The van der Waals surface area contributed by atoms with E-state index in [2.05, 4.69) is 30.4 Å². The fourth-order valence-electron chi connectivity index (χ4n) is 2.93.